The van der Waals surface area contributed by atoms with Gasteiger partial charge in [-0.25, -0.2) is 4.79 Å². The van der Waals surface area contributed by atoms with Crippen molar-refractivity contribution in [2.75, 3.05) is 6.61 Å². The maximum atomic E-state index is 11.9. The molecular formula is C16H12Br2O4. The van der Waals surface area contributed by atoms with Gasteiger partial charge in [-0.05, 0) is 52.7 Å². The Kier molecular flexibility index (Phi) is 5.74. The molecule has 0 bridgehead atoms. The topological polar surface area (TPSA) is 52.6 Å². The lowest BCUT2D eigenvalue weighted by Gasteiger charge is -2.12. The summed E-state index contributed by atoms with van der Waals surface area (Å²) < 4.78 is 12.3. The first-order valence-electron chi connectivity index (χ1n) is 6.34. The van der Waals surface area contributed by atoms with Gasteiger partial charge in [-0.3, -0.25) is 4.79 Å². The number of carbonyl (C=O) groups excluding carboxylic acids is 2. The largest absolute Gasteiger partial charge is 0.480 e. The Morgan fingerprint density at radius 3 is 2.64 bits per heavy atom. The van der Waals surface area contributed by atoms with E-state index in [0.717, 1.165) is 14.5 Å². The lowest BCUT2D eigenvalue weighted by molar-refractivity contribution is -0.136. The number of halogens is 2. The summed E-state index contributed by atoms with van der Waals surface area (Å²) in [5.41, 5.74) is 1.19. The van der Waals surface area contributed by atoms with Crippen LogP contribution in [-0.2, 0) is 4.79 Å². The molecule has 114 valence electrons. The molecule has 22 heavy (non-hydrogen) atoms. The second-order valence-electron chi connectivity index (χ2n) is 4.45. The zero-order valence-corrected chi connectivity index (χ0v) is 14.8. The molecular weight excluding hydrogens is 416 g/mol. The van der Waals surface area contributed by atoms with E-state index in [1.54, 1.807) is 24.3 Å². The summed E-state index contributed by atoms with van der Waals surface area (Å²) in [6, 6.07) is 10.2. The molecule has 0 unspecified atom stereocenters. The van der Waals surface area contributed by atoms with Crippen molar-refractivity contribution in [2.45, 2.75) is 6.92 Å². The highest BCUT2D eigenvalue weighted by Crippen LogP contribution is 2.32. The first-order valence-corrected chi connectivity index (χ1v) is 7.93. The lowest BCUT2D eigenvalue weighted by atomic mass is 10.2. The Bertz CT molecular complexity index is 690. The number of carbonyl (C=O) groups is 2. The number of esters is 1. The Morgan fingerprint density at radius 1 is 1.23 bits per heavy atom. The van der Waals surface area contributed by atoms with Gasteiger partial charge in [0, 0.05) is 4.47 Å². The molecule has 0 N–H and O–H groups in total. The first-order chi connectivity index (χ1) is 10.5. The molecule has 0 saturated heterocycles. The smallest absolute Gasteiger partial charge is 0.349 e. The number of rotatable bonds is 5. The van der Waals surface area contributed by atoms with Gasteiger partial charge in [0.05, 0.1) is 10.0 Å². The van der Waals surface area contributed by atoms with Crippen molar-refractivity contribution in [1.29, 1.82) is 0 Å². The third kappa shape index (κ3) is 4.18. The second-order valence-corrected chi connectivity index (χ2v) is 6.22. The van der Waals surface area contributed by atoms with E-state index in [9.17, 15) is 9.59 Å². The maximum Gasteiger partial charge on any atom is 0.349 e. The summed E-state index contributed by atoms with van der Waals surface area (Å²) in [5, 5.41) is 0. The predicted molar refractivity (Wildman–Crippen MR) is 89.5 cm³/mol. The molecule has 0 atom stereocenters. The molecule has 2 aromatic rings. The first kappa shape index (κ1) is 16.7. The van der Waals surface area contributed by atoms with Crippen LogP contribution in [0.4, 0.5) is 0 Å². The minimum atomic E-state index is -0.580. The zero-order chi connectivity index (χ0) is 16.1. The number of ether oxygens (including phenoxy) is 2. The molecule has 0 radical (unpaired) electrons. The number of benzene rings is 2. The van der Waals surface area contributed by atoms with E-state index in [4.69, 9.17) is 9.47 Å². The SMILES string of the molecule is Cc1cc(Br)cc(Br)c1OCC(=O)Oc1ccccc1C=O. The molecule has 0 aromatic heterocycles. The number of aldehydes is 1. The van der Waals surface area contributed by atoms with E-state index in [1.165, 1.54) is 0 Å². The quantitative estimate of drug-likeness (QED) is 0.405. The molecule has 0 aliphatic rings. The number of para-hydroxylation sites is 1. The van der Waals surface area contributed by atoms with Gasteiger partial charge in [0.2, 0.25) is 0 Å². The van der Waals surface area contributed by atoms with Crippen LogP contribution >= 0.6 is 31.9 Å². The standard InChI is InChI=1S/C16H12Br2O4/c1-10-6-12(17)7-13(18)16(10)21-9-15(20)22-14-5-3-2-4-11(14)8-19/h2-8H,9H2,1H3. The average Bonchev–Trinajstić information content (AvgIpc) is 2.46. The Morgan fingerprint density at radius 2 is 1.95 bits per heavy atom. The van der Waals surface area contributed by atoms with Crippen LogP contribution in [-0.4, -0.2) is 18.9 Å². The van der Waals surface area contributed by atoms with Gasteiger partial charge in [0.1, 0.15) is 11.5 Å². The molecule has 2 rings (SSSR count). The van der Waals surface area contributed by atoms with E-state index in [-0.39, 0.29) is 12.4 Å². The molecule has 2 aromatic carbocycles. The van der Waals surface area contributed by atoms with E-state index >= 15 is 0 Å². The number of hydrogen-bond donors (Lipinski definition) is 0. The molecule has 0 heterocycles. The van der Waals surface area contributed by atoms with E-state index in [2.05, 4.69) is 31.9 Å². The maximum absolute atomic E-state index is 11.9. The average molecular weight is 428 g/mol. The molecule has 0 amide bonds. The molecule has 0 aliphatic heterocycles. The highest BCUT2D eigenvalue weighted by molar-refractivity contribution is 9.11. The van der Waals surface area contributed by atoms with E-state index in [0.29, 0.717) is 17.6 Å². The fraction of sp³-hybridized carbons (Fsp3) is 0.125. The number of hydrogen-bond acceptors (Lipinski definition) is 4. The summed E-state index contributed by atoms with van der Waals surface area (Å²) in [5.74, 6) is 0.213. The third-order valence-electron chi connectivity index (χ3n) is 2.80. The van der Waals surface area contributed by atoms with Crippen molar-refractivity contribution in [2.24, 2.45) is 0 Å². The van der Waals surface area contributed by atoms with E-state index < -0.39 is 5.97 Å². The highest BCUT2D eigenvalue weighted by Gasteiger charge is 2.12. The monoisotopic (exact) mass is 426 g/mol. The van der Waals surface area contributed by atoms with Crippen molar-refractivity contribution in [1.82, 2.24) is 0 Å². The Hall–Kier alpha value is -1.66. The van der Waals surface area contributed by atoms with Gasteiger partial charge < -0.3 is 9.47 Å². The van der Waals surface area contributed by atoms with Gasteiger partial charge in [0.25, 0.3) is 0 Å². The van der Waals surface area contributed by atoms with Crippen LogP contribution in [0.1, 0.15) is 15.9 Å². The minimum Gasteiger partial charge on any atom is -0.480 e. The van der Waals surface area contributed by atoms with Crippen LogP contribution in [0.2, 0.25) is 0 Å². The van der Waals surface area contributed by atoms with Crippen LogP contribution in [0, 0.1) is 6.92 Å². The Labute approximate surface area is 144 Å². The molecule has 6 heteroatoms. The molecule has 0 saturated carbocycles. The zero-order valence-electron chi connectivity index (χ0n) is 11.6. The highest BCUT2D eigenvalue weighted by atomic mass is 79.9. The van der Waals surface area contributed by atoms with Crippen LogP contribution in [0.25, 0.3) is 0 Å². The normalized spacial score (nSPS) is 10.1. The van der Waals surface area contributed by atoms with Gasteiger partial charge in [0.15, 0.2) is 12.9 Å². The van der Waals surface area contributed by atoms with Crippen LogP contribution in [0.15, 0.2) is 45.3 Å². The minimum absolute atomic E-state index is 0.220. The fourth-order valence-corrected chi connectivity index (χ4v) is 3.38. The molecule has 0 aliphatic carbocycles. The van der Waals surface area contributed by atoms with Crippen LogP contribution < -0.4 is 9.47 Å². The summed E-state index contributed by atoms with van der Waals surface area (Å²) in [6.07, 6.45) is 0.638. The summed E-state index contributed by atoms with van der Waals surface area (Å²) in [7, 11) is 0. The molecule has 0 spiro atoms. The van der Waals surface area contributed by atoms with Crippen molar-refractivity contribution in [3.63, 3.8) is 0 Å². The summed E-state index contributed by atoms with van der Waals surface area (Å²) in [6.45, 7) is 1.62. The van der Waals surface area contributed by atoms with Crippen molar-refractivity contribution in [3.8, 4) is 11.5 Å². The van der Waals surface area contributed by atoms with Gasteiger partial charge in [-0.1, -0.05) is 28.1 Å². The van der Waals surface area contributed by atoms with Crippen molar-refractivity contribution >= 4 is 44.1 Å². The fourth-order valence-electron chi connectivity index (χ4n) is 1.83. The van der Waals surface area contributed by atoms with Crippen molar-refractivity contribution in [3.05, 3.63) is 56.5 Å². The molecule has 4 nitrogen and oxygen atoms in total. The third-order valence-corrected chi connectivity index (χ3v) is 3.85. The van der Waals surface area contributed by atoms with Crippen LogP contribution in [0.5, 0.6) is 11.5 Å². The summed E-state index contributed by atoms with van der Waals surface area (Å²) >= 11 is 6.76. The summed E-state index contributed by atoms with van der Waals surface area (Å²) in [4.78, 5) is 22.7. The second kappa shape index (κ2) is 7.56. The number of aryl methyl sites for hydroxylation is 1. The predicted octanol–water partition coefficient (Wildman–Crippen LogP) is 4.32. The van der Waals surface area contributed by atoms with Gasteiger partial charge in [-0.2, -0.15) is 0 Å². The van der Waals surface area contributed by atoms with Gasteiger partial charge >= 0.3 is 5.97 Å². The lowest BCUT2D eigenvalue weighted by Crippen LogP contribution is -2.18. The van der Waals surface area contributed by atoms with E-state index in [1.807, 2.05) is 19.1 Å². The van der Waals surface area contributed by atoms with Gasteiger partial charge in [-0.15, -0.1) is 0 Å². The van der Waals surface area contributed by atoms with Crippen molar-refractivity contribution < 1.29 is 19.1 Å². The molecule has 0 fully saturated rings. The Balaban J connectivity index is 2.03. The van der Waals surface area contributed by atoms with Crippen LogP contribution in [0.3, 0.4) is 0 Å².